The number of para-hydroxylation sites is 1. The van der Waals surface area contributed by atoms with Crippen molar-refractivity contribution < 1.29 is 14.3 Å². The second kappa shape index (κ2) is 6.57. The summed E-state index contributed by atoms with van der Waals surface area (Å²) >= 11 is 0. The molecule has 1 rings (SSSR count). The van der Waals surface area contributed by atoms with Crippen molar-refractivity contribution in [3.8, 4) is 5.75 Å². The minimum atomic E-state index is -0.711. The maximum Gasteiger partial charge on any atom is 0.513 e. The van der Waals surface area contributed by atoms with Gasteiger partial charge in [0.05, 0.1) is 0 Å². The molecule has 0 radical (unpaired) electrons. The molecule has 0 aliphatic carbocycles. The first-order chi connectivity index (χ1) is 8.89. The fraction of sp³-hybridized carbons (Fsp3) is 0.533. The van der Waals surface area contributed by atoms with Crippen molar-refractivity contribution in [2.75, 3.05) is 13.2 Å². The predicted molar refractivity (Wildman–Crippen MR) is 75.3 cm³/mol. The van der Waals surface area contributed by atoms with Crippen LogP contribution < -0.4 is 10.5 Å². The minimum Gasteiger partial charge on any atom is -0.433 e. The average molecular weight is 265 g/mol. The predicted octanol–water partition coefficient (Wildman–Crippen LogP) is 3.09. The van der Waals surface area contributed by atoms with Crippen LogP contribution in [0.25, 0.3) is 0 Å². The monoisotopic (exact) mass is 265 g/mol. The molecule has 0 amide bonds. The van der Waals surface area contributed by atoms with Gasteiger partial charge < -0.3 is 15.2 Å². The van der Waals surface area contributed by atoms with Crippen molar-refractivity contribution in [3.05, 3.63) is 29.8 Å². The number of hydrogen-bond donors (Lipinski definition) is 1. The largest absolute Gasteiger partial charge is 0.513 e. The first-order valence-electron chi connectivity index (χ1n) is 6.53. The summed E-state index contributed by atoms with van der Waals surface area (Å²) < 4.78 is 10.1. The van der Waals surface area contributed by atoms with Crippen molar-refractivity contribution in [3.63, 3.8) is 0 Å². The van der Waals surface area contributed by atoms with Crippen LogP contribution in [0.3, 0.4) is 0 Å². The van der Waals surface area contributed by atoms with E-state index in [1.807, 2.05) is 18.2 Å². The number of ether oxygens (including phenoxy) is 2. The SMILES string of the molecule is CC(C)C(C)(C)c1ccccc1OC(=O)OCCN. The Bertz CT molecular complexity index is 427. The van der Waals surface area contributed by atoms with Crippen LogP contribution in [-0.2, 0) is 10.2 Å². The van der Waals surface area contributed by atoms with Gasteiger partial charge in [-0.05, 0) is 17.4 Å². The summed E-state index contributed by atoms with van der Waals surface area (Å²) in [6, 6.07) is 7.54. The van der Waals surface area contributed by atoms with Gasteiger partial charge in [-0.3, -0.25) is 0 Å². The molecule has 0 aliphatic rings. The van der Waals surface area contributed by atoms with Crippen molar-refractivity contribution in [2.24, 2.45) is 11.7 Å². The van der Waals surface area contributed by atoms with E-state index in [1.165, 1.54) is 0 Å². The summed E-state index contributed by atoms with van der Waals surface area (Å²) in [5.74, 6) is 0.959. The fourth-order valence-electron chi connectivity index (χ4n) is 1.66. The lowest BCUT2D eigenvalue weighted by atomic mass is 9.75. The normalized spacial score (nSPS) is 11.5. The van der Waals surface area contributed by atoms with Crippen LogP contribution in [-0.4, -0.2) is 19.3 Å². The van der Waals surface area contributed by atoms with Crippen LogP contribution in [0.5, 0.6) is 5.75 Å². The molecule has 0 heterocycles. The second-order valence-corrected chi connectivity index (χ2v) is 5.36. The van der Waals surface area contributed by atoms with Crippen molar-refractivity contribution >= 4 is 6.16 Å². The van der Waals surface area contributed by atoms with Gasteiger partial charge in [0, 0.05) is 12.1 Å². The molecule has 106 valence electrons. The molecule has 0 saturated heterocycles. The van der Waals surface area contributed by atoms with Crippen LogP contribution >= 0.6 is 0 Å². The smallest absolute Gasteiger partial charge is 0.433 e. The molecule has 2 N–H and O–H groups in total. The molecule has 1 aromatic carbocycles. The molecule has 0 unspecified atom stereocenters. The van der Waals surface area contributed by atoms with E-state index in [-0.39, 0.29) is 18.6 Å². The Labute approximate surface area is 114 Å². The van der Waals surface area contributed by atoms with E-state index in [2.05, 4.69) is 27.7 Å². The Hall–Kier alpha value is -1.55. The third-order valence-electron chi connectivity index (χ3n) is 3.56. The van der Waals surface area contributed by atoms with Gasteiger partial charge >= 0.3 is 6.16 Å². The Morgan fingerprint density at radius 3 is 2.53 bits per heavy atom. The lowest BCUT2D eigenvalue weighted by Crippen LogP contribution is -2.26. The highest BCUT2D eigenvalue weighted by atomic mass is 16.7. The van der Waals surface area contributed by atoms with E-state index in [1.54, 1.807) is 6.07 Å². The topological polar surface area (TPSA) is 61.5 Å². The molecule has 19 heavy (non-hydrogen) atoms. The van der Waals surface area contributed by atoms with E-state index >= 15 is 0 Å². The minimum absolute atomic E-state index is 0.0925. The van der Waals surface area contributed by atoms with Gasteiger partial charge in [-0.1, -0.05) is 45.9 Å². The number of nitrogens with two attached hydrogens (primary N) is 1. The van der Waals surface area contributed by atoms with Crippen molar-refractivity contribution in [1.29, 1.82) is 0 Å². The number of carbonyl (C=O) groups is 1. The number of hydrogen-bond acceptors (Lipinski definition) is 4. The lowest BCUT2D eigenvalue weighted by molar-refractivity contribution is 0.101. The molecule has 0 aromatic heterocycles. The molecule has 0 saturated carbocycles. The van der Waals surface area contributed by atoms with Crippen LogP contribution in [0.4, 0.5) is 4.79 Å². The molecule has 4 heteroatoms. The molecule has 0 spiro atoms. The second-order valence-electron chi connectivity index (χ2n) is 5.36. The highest BCUT2D eigenvalue weighted by Gasteiger charge is 2.28. The van der Waals surface area contributed by atoms with E-state index < -0.39 is 6.16 Å². The maximum absolute atomic E-state index is 11.5. The molecular formula is C15H23NO3. The Morgan fingerprint density at radius 1 is 1.32 bits per heavy atom. The summed E-state index contributed by atoms with van der Waals surface area (Å²) in [4.78, 5) is 11.5. The number of benzene rings is 1. The number of rotatable bonds is 5. The van der Waals surface area contributed by atoms with E-state index in [0.717, 1.165) is 5.56 Å². The summed E-state index contributed by atoms with van der Waals surface area (Å²) in [5.41, 5.74) is 6.18. The van der Waals surface area contributed by atoms with Gasteiger partial charge in [0.15, 0.2) is 0 Å². The Morgan fingerprint density at radius 2 is 1.95 bits per heavy atom. The van der Waals surface area contributed by atoms with E-state index in [0.29, 0.717) is 11.7 Å². The zero-order valence-corrected chi connectivity index (χ0v) is 12.1. The zero-order chi connectivity index (χ0) is 14.5. The van der Waals surface area contributed by atoms with Crippen molar-refractivity contribution in [2.45, 2.75) is 33.1 Å². The molecule has 0 bridgehead atoms. The fourth-order valence-corrected chi connectivity index (χ4v) is 1.66. The molecule has 0 fully saturated rings. The summed E-state index contributed by atoms with van der Waals surface area (Å²) in [7, 11) is 0. The lowest BCUT2D eigenvalue weighted by Gasteiger charge is -2.31. The third-order valence-corrected chi connectivity index (χ3v) is 3.56. The third kappa shape index (κ3) is 3.96. The first-order valence-corrected chi connectivity index (χ1v) is 6.53. The summed E-state index contributed by atoms with van der Waals surface area (Å²) in [6.45, 7) is 8.99. The highest BCUT2D eigenvalue weighted by Crippen LogP contribution is 2.37. The van der Waals surface area contributed by atoms with E-state index in [9.17, 15) is 4.79 Å². The van der Waals surface area contributed by atoms with Gasteiger partial charge in [-0.15, -0.1) is 0 Å². The Kier molecular flexibility index (Phi) is 5.36. The molecule has 4 nitrogen and oxygen atoms in total. The zero-order valence-electron chi connectivity index (χ0n) is 12.1. The summed E-state index contributed by atoms with van der Waals surface area (Å²) in [6.07, 6.45) is -0.711. The first kappa shape index (κ1) is 15.5. The highest BCUT2D eigenvalue weighted by molar-refractivity contribution is 5.64. The molecule has 0 atom stereocenters. The average Bonchev–Trinajstić information content (AvgIpc) is 2.36. The van der Waals surface area contributed by atoms with Gasteiger partial charge in [0.25, 0.3) is 0 Å². The van der Waals surface area contributed by atoms with Crippen LogP contribution in [0, 0.1) is 5.92 Å². The van der Waals surface area contributed by atoms with Crippen LogP contribution in [0.2, 0.25) is 0 Å². The quantitative estimate of drug-likeness (QED) is 0.656. The van der Waals surface area contributed by atoms with Gasteiger partial charge in [-0.25, -0.2) is 4.79 Å². The summed E-state index contributed by atoms with van der Waals surface area (Å²) in [5, 5.41) is 0. The standard InChI is InChI=1S/C15H23NO3/c1-11(2)15(3,4)12-7-5-6-8-13(12)19-14(17)18-10-9-16/h5-8,11H,9-10,16H2,1-4H3. The van der Waals surface area contributed by atoms with Crippen molar-refractivity contribution in [1.82, 2.24) is 0 Å². The van der Waals surface area contributed by atoms with Gasteiger partial charge in [0.1, 0.15) is 12.4 Å². The Balaban J connectivity index is 2.94. The molecule has 1 aromatic rings. The van der Waals surface area contributed by atoms with Gasteiger partial charge in [0.2, 0.25) is 0 Å². The maximum atomic E-state index is 11.5. The van der Waals surface area contributed by atoms with E-state index in [4.69, 9.17) is 15.2 Å². The van der Waals surface area contributed by atoms with Crippen LogP contribution in [0.1, 0.15) is 33.3 Å². The van der Waals surface area contributed by atoms with Crippen LogP contribution in [0.15, 0.2) is 24.3 Å². The molecular weight excluding hydrogens is 242 g/mol. The molecule has 0 aliphatic heterocycles. The van der Waals surface area contributed by atoms with Gasteiger partial charge in [-0.2, -0.15) is 0 Å². The number of carbonyl (C=O) groups excluding carboxylic acids is 1.